The molecule has 172 valence electrons. The van der Waals surface area contributed by atoms with Crippen LogP contribution in [0.5, 0.6) is 11.5 Å². The van der Waals surface area contributed by atoms with E-state index in [1.165, 1.54) is 16.7 Å². The van der Waals surface area contributed by atoms with Gasteiger partial charge in [0.1, 0.15) is 30.5 Å². The molecule has 1 aromatic heterocycles. The van der Waals surface area contributed by atoms with Gasteiger partial charge in [-0.2, -0.15) is 0 Å². The summed E-state index contributed by atoms with van der Waals surface area (Å²) in [6.07, 6.45) is 0. The number of hydrogen-bond donors (Lipinski definition) is 0. The molecule has 0 N–H and O–H groups in total. The zero-order valence-electron chi connectivity index (χ0n) is 20.3. The standard InChI is InChI=1S/C29H34N2O2/c1-20(2)23-10-6-9-13-27(23)32-17-16-31-26-12-8-7-11-25(26)30-29(31)19-33-28-18-22(5)14-15-24(28)21(3)4/h6-15,18,20-21H,16-17,19H2,1-5H3. The maximum absolute atomic E-state index is 6.33. The van der Waals surface area contributed by atoms with Gasteiger partial charge in [0.25, 0.3) is 0 Å². The van der Waals surface area contributed by atoms with Crippen molar-refractivity contribution >= 4 is 11.0 Å². The van der Waals surface area contributed by atoms with Gasteiger partial charge in [0, 0.05) is 0 Å². The molecule has 0 saturated heterocycles. The van der Waals surface area contributed by atoms with Gasteiger partial charge in [-0.05, 0) is 59.7 Å². The van der Waals surface area contributed by atoms with Gasteiger partial charge < -0.3 is 14.0 Å². The number of imidazole rings is 1. The summed E-state index contributed by atoms with van der Waals surface area (Å²) in [6.45, 7) is 12.6. The first-order valence-corrected chi connectivity index (χ1v) is 11.8. The van der Waals surface area contributed by atoms with Crippen molar-refractivity contribution in [2.24, 2.45) is 0 Å². The van der Waals surface area contributed by atoms with Crippen LogP contribution in [0.2, 0.25) is 0 Å². The Kier molecular flexibility index (Phi) is 7.02. The number of aryl methyl sites for hydroxylation is 1. The number of rotatable bonds is 9. The summed E-state index contributed by atoms with van der Waals surface area (Å²) < 4.78 is 14.8. The van der Waals surface area contributed by atoms with Crippen LogP contribution in [0.25, 0.3) is 11.0 Å². The Balaban J connectivity index is 1.55. The zero-order valence-corrected chi connectivity index (χ0v) is 20.3. The van der Waals surface area contributed by atoms with Crippen molar-refractivity contribution in [1.29, 1.82) is 0 Å². The van der Waals surface area contributed by atoms with Gasteiger partial charge in [-0.15, -0.1) is 0 Å². The fourth-order valence-electron chi connectivity index (χ4n) is 4.21. The number of ether oxygens (including phenoxy) is 2. The highest BCUT2D eigenvalue weighted by Crippen LogP contribution is 2.29. The summed E-state index contributed by atoms with van der Waals surface area (Å²) in [7, 11) is 0. The van der Waals surface area contributed by atoms with Crippen molar-refractivity contribution in [2.45, 2.75) is 59.6 Å². The topological polar surface area (TPSA) is 36.3 Å². The quantitative estimate of drug-likeness (QED) is 0.274. The van der Waals surface area contributed by atoms with Crippen molar-refractivity contribution in [1.82, 2.24) is 9.55 Å². The van der Waals surface area contributed by atoms with Gasteiger partial charge in [0.05, 0.1) is 17.6 Å². The minimum atomic E-state index is 0.397. The van der Waals surface area contributed by atoms with E-state index in [9.17, 15) is 0 Å². The van der Waals surface area contributed by atoms with Gasteiger partial charge in [-0.3, -0.25) is 0 Å². The highest BCUT2D eigenvalue weighted by molar-refractivity contribution is 5.75. The maximum atomic E-state index is 6.33. The molecule has 0 bridgehead atoms. The first kappa shape index (κ1) is 22.9. The smallest absolute Gasteiger partial charge is 0.148 e. The lowest BCUT2D eigenvalue weighted by Gasteiger charge is -2.17. The van der Waals surface area contributed by atoms with Crippen molar-refractivity contribution in [3.63, 3.8) is 0 Å². The molecule has 4 nitrogen and oxygen atoms in total. The van der Waals surface area contributed by atoms with E-state index < -0.39 is 0 Å². The Hall–Kier alpha value is -3.27. The van der Waals surface area contributed by atoms with Crippen LogP contribution in [0.1, 0.15) is 62.0 Å². The molecule has 0 aliphatic heterocycles. The first-order valence-electron chi connectivity index (χ1n) is 11.8. The van der Waals surface area contributed by atoms with Crippen molar-refractivity contribution in [3.8, 4) is 11.5 Å². The third kappa shape index (κ3) is 5.22. The zero-order chi connectivity index (χ0) is 23.4. The molecule has 0 aliphatic rings. The fraction of sp³-hybridized carbons (Fsp3) is 0.345. The second kappa shape index (κ2) is 10.1. The van der Waals surface area contributed by atoms with Gasteiger partial charge in [-0.1, -0.05) is 70.2 Å². The van der Waals surface area contributed by atoms with Crippen LogP contribution in [-0.4, -0.2) is 16.2 Å². The minimum absolute atomic E-state index is 0.397. The predicted octanol–water partition coefficient (Wildman–Crippen LogP) is 7.25. The number of para-hydroxylation sites is 3. The number of fused-ring (bicyclic) bond motifs is 1. The van der Waals surface area contributed by atoms with E-state index in [2.05, 4.69) is 93.8 Å². The fourth-order valence-corrected chi connectivity index (χ4v) is 4.21. The van der Waals surface area contributed by atoms with Crippen LogP contribution >= 0.6 is 0 Å². The Morgan fingerprint density at radius 3 is 2.27 bits per heavy atom. The number of hydrogen-bond acceptors (Lipinski definition) is 3. The molecule has 4 heteroatoms. The highest BCUT2D eigenvalue weighted by atomic mass is 16.5. The summed E-state index contributed by atoms with van der Waals surface area (Å²) in [5.74, 6) is 3.62. The van der Waals surface area contributed by atoms with E-state index in [1.807, 2.05) is 12.1 Å². The largest absolute Gasteiger partial charge is 0.491 e. The minimum Gasteiger partial charge on any atom is -0.491 e. The molecule has 4 aromatic rings. The maximum Gasteiger partial charge on any atom is 0.148 e. The Morgan fingerprint density at radius 2 is 1.48 bits per heavy atom. The van der Waals surface area contributed by atoms with Crippen LogP contribution in [-0.2, 0) is 13.2 Å². The molecule has 4 rings (SSSR count). The third-order valence-corrected chi connectivity index (χ3v) is 5.99. The normalized spacial score (nSPS) is 11.5. The van der Waals surface area contributed by atoms with E-state index in [0.717, 1.165) is 28.4 Å². The highest BCUT2D eigenvalue weighted by Gasteiger charge is 2.14. The van der Waals surface area contributed by atoms with Gasteiger partial charge in [0.2, 0.25) is 0 Å². The van der Waals surface area contributed by atoms with Crippen LogP contribution in [0.15, 0.2) is 66.7 Å². The second-order valence-corrected chi connectivity index (χ2v) is 9.19. The molecule has 0 unspecified atom stereocenters. The van der Waals surface area contributed by atoms with E-state index in [-0.39, 0.29) is 0 Å². The molecule has 0 saturated carbocycles. The van der Waals surface area contributed by atoms with E-state index in [1.54, 1.807) is 0 Å². The third-order valence-electron chi connectivity index (χ3n) is 5.99. The molecular weight excluding hydrogens is 408 g/mol. The lowest BCUT2D eigenvalue weighted by Crippen LogP contribution is -2.14. The summed E-state index contributed by atoms with van der Waals surface area (Å²) in [5, 5.41) is 0. The average Bonchev–Trinajstić information content (AvgIpc) is 3.15. The van der Waals surface area contributed by atoms with Crippen LogP contribution in [0.3, 0.4) is 0 Å². The molecule has 33 heavy (non-hydrogen) atoms. The summed E-state index contributed by atoms with van der Waals surface area (Å²) in [4.78, 5) is 4.88. The van der Waals surface area contributed by atoms with Crippen LogP contribution in [0.4, 0.5) is 0 Å². The summed E-state index contributed by atoms with van der Waals surface area (Å²) in [6, 6.07) is 23.0. The number of nitrogens with zero attached hydrogens (tertiary/aromatic N) is 2. The van der Waals surface area contributed by atoms with Crippen LogP contribution < -0.4 is 9.47 Å². The average molecular weight is 443 g/mol. The molecule has 1 heterocycles. The molecular formula is C29H34N2O2. The van der Waals surface area contributed by atoms with E-state index in [0.29, 0.717) is 31.6 Å². The predicted molar refractivity (Wildman–Crippen MR) is 135 cm³/mol. The monoisotopic (exact) mass is 442 g/mol. The van der Waals surface area contributed by atoms with E-state index in [4.69, 9.17) is 14.5 Å². The van der Waals surface area contributed by atoms with Crippen molar-refractivity contribution < 1.29 is 9.47 Å². The SMILES string of the molecule is Cc1ccc(C(C)C)c(OCc2nc3ccccc3n2CCOc2ccccc2C(C)C)c1. The Morgan fingerprint density at radius 1 is 0.788 bits per heavy atom. The van der Waals surface area contributed by atoms with Crippen molar-refractivity contribution in [2.75, 3.05) is 6.61 Å². The number of aromatic nitrogens is 2. The van der Waals surface area contributed by atoms with Gasteiger partial charge in [0.15, 0.2) is 0 Å². The molecule has 0 radical (unpaired) electrons. The Bertz CT molecular complexity index is 1220. The molecule has 0 spiro atoms. The molecule has 0 amide bonds. The molecule has 0 atom stereocenters. The second-order valence-electron chi connectivity index (χ2n) is 9.19. The summed E-state index contributed by atoms with van der Waals surface area (Å²) >= 11 is 0. The number of benzene rings is 3. The molecule has 0 fully saturated rings. The summed E-state index contributed by atoms with van der Waals surface area (Å²) in [5.41, 5.74) is 5.73. The molecule has 3 aromatic carbocycles. The van der Waals surface area contributed by atoms with Gasteiger partial charge in [-0.25, -0.2) is 4.98 Å². The Labute approximate surface area is 197 Å². The molecule has 0 aliphatic carbocycles. The lowest BCUT2D eigenvalue weighted by molar-refractivity contribution is 0.269. The lowest BCUT2D eigenvalue weighted by atomic mass is 10.0. The van der Waals surface area contributed by atoms with Gasteiger partial charge >= 0.3 is 0 Å². The van der Waals surface area contributed by atoms with E-state index >= 15 is 0 Å². The first-order chi connectivity index (χ1) is 15.9. The van der Waals surface area contributed by atoms with Crippen molar-refractivity contribution in [3.05, 3.63) is 89.2 Å². The van der Waals surface area contributed by atoms with Crippen LogP contribution in [0, 0.1) is 6.92 Å².